The lowest BCUT2D eigenvalue weighted by Crippen LogP contribution is -2.29. The van der Waals surface area contributed by atoms with Gasteiger partial charge in [0, 0.05) is 13.0 Å². The van der Waals surface area contributed by atoms with Crippen molar-refractivity contribution in [2.24, 2.45) is 0 Å². The second kappa shape index (κ2) is 8.95. The van der Waals surface area contributed by atoms with Gasteiger partial charge in [0.25, 0.3) is 5.91 Å². The highest BCUT2D eigenvalue weighted by Crippen LogP contribution is 2.35. The molecule has 0 aromatic heterocycles. The first-order chi connectivity index (χ1) is 12.3. The van der Waals surface area contributed by atoms with Crippen molar-refractivity contribution in [3.8, 4) is 11.5 Å². The summed E-state index contributed by atoms with van der Waals surface area (Å²) in [4.78, 5) is 24.7. The number of carbonyl (C=O) groups is 2. The van der Waals surface area contributed by atoms with Crippen molar-refractivity contribution in [1.82, 2.24) is 4.90 Å². The molecule has 1 aromatic rings. The number of nitrogens with zero attached hydrogens (tertiary/aromatic N) is 1. The second-order valence-electron chi connectivity index (χ2n) is 5.12. The number of methoxy groups -OCH3 is 1. The fourth-order valence-corrected chi connectivity index (χ4v) is 3.51. The molecule has 0 radical (unpaired) electrons. The van der Waals surface area contributed by atoms with Gasteiger partial charge in [0.1, 0.15) is 4.32 Å². The van der Waals surface area contributed by atoms with Crippen LogP contribution >= 0.6 is 24.0 Å². The van der Waals surface area contributed by atoms with Crippen LogP contribution in [-0.4, -0.2) is 46.5 Å². The summed E-state index contributed by atoms with van der Waals surface area (Å²) in [7, 11) is 1.32. The Morgan fingerprint density at radius 1 is 1.42 bits per heavy atom. The van der Waals surface area contributed by atoms with E-state index in [9.17, 15) is 18.4 Å². The number of carboxylic acids is 1. The van der Waals surface area contributed by atoms with E-state index in [1.54, 1.807) is 6.08 Å². The third kappa shape index (κ3) is 5.15. The molecule has 1 N–H and O–H groups in total. The van der Waals surface area contributed by atoms with E-state index in [0.29, 0.717) is 21.2 Å². The van der Waals surface area contributed by atoms with Gasteiger partial charge in [-0.05, 0) is 30.2 Å². The number of halogens is 2. The molecule has 1 saturated heterocycles. The van der Waals surface area contributed by atoms with Crippen LogP contribution in [0.25, 0.3) is 6.08 Å². The van der Waals surface area contributed by atoms with Gasteiger partial charge in [0.05, 0.1) is 12.0 Å². The SMILES string of the molecule is COc1cc(/C=C2\SC(=S)N(CCCC(=O)O)C2=O)ccc1OC(F)F. The number of thioether (sulfide) groups is 1. The van der Waals surface area contributed by atoms with Gasteiger partial charge in [0.2, 0.25) is 0 Å². The molecule has 26 heavy (non-hydrogen) atoms. The monoisotopic (exact) mass is 403 g/mol. The zero-order valence-corrected chi connectivity index (χ0v) is 15.2. The number of carbonyl (C=O) groups excluding carboxylic acids is 1. The number of amides is 1. The molecule has 0 spiro atoms. The third-order valence-corrected chi connectivity index (χ3v) is 4.73. The molecule has 0 unspecified atom stereocenters. The normalized spacial score (nSPS) is 15.8. The topological polar surface area (TPSA) is 76.1 Å². The summed E-state index contributed by atoms with van der Waals surface area (Å²) in [5, 5.41) is 8.67. The highest BCUT2D eigenvalue weighted by Gasteiger charge is 2.31. The number of benzene rings is 1. The largest absolute Gasteiger partial charge is 0.493 e. The molecule has 1 amide bonds. The first-order valence-corrected chi connectivity index (χ1v) is 8.64. The number of rotatable bonds is 8. The van der Waals surface area contributed by atoms with E-state index in [-0.39, 0.29) is 30.4 Å². The van der Waals surface area contributed by atoms with Gasteiger partial charge in [-0.15, -0.1) is 0 Å². The molecule has 1 aliphatic heterocycles. The molecule has 1 aliphatic rings. The van der Waals surface area contributed by atoms with Crippen molar-refractivity contribution in [1.29, 1.82) is 0 Å². The summed E-state index contributed by atoms with van der Waals surface area (Å²) in [5.74, 6) is -1.27. The summed E-state index contributed by atoms with van der Waals surface area (Å²) in [6.45, 7) is -2.75. The van der Waals surface area contributed by atoms with Crippen LogP contribution in [0.1, 0.15) is 18.4 Å². The lowest BCUT2D eigenvalue weighted by Gasteiger charge is -2.13. The van der Waals surface area contributed by atoms with Crippen LogP contribution in [0.15, 0.2) is 23.1 Å². The van der Waals surface area contributed by atoms with Crippen molar-refractivity contribution >= 4 is 46.3 Å². The Labute approximate surface area is 157 Å². The Hall–Kier alpha value is -2.20. The maximum absolute atomic E-state index is 12.4. The molecule has 0 bridgehead atoms. The van der Waals surface area contributed by atoms with Crippen molar-refractivity contribution in [3.63, 3.8) is 0 Å². The number of hydrogen-bond acceptors (Lipinski definition) is 6. The molecule has 1 heterocycles. The summed E-state index contributed by atoms with van der Waals surface area (Å²) < 4.78 is 34.4. The minimum absolute atomic E-state index is 0.0566. The number of ether oxygens (including phenoxy) is 2. The Kier molecular flexibility index (Phi) is 6.92. The van der Waals surface area contributed by atoms with Gasteiger partial charge in [-0.2, -0.15) is 8.78 Å². The van der Waals surface area contributed by atoms with Crippen molar-refractivity contribution in [2.45, 2.75) is 19.5 Å². The average molecular weight is 403 g/mol. The maximum atomic E-state index is 12.4. The highest BCUT2D eigenvalue weighted by molar-refractivity contribution is 8.26. The van der Waals surface area contributed by atoms with Gasteiger partial charge >= 0.3 is 12.6 Å². The molecular weight excluding hydrogens is 388 g/mol. The Morgan fingerprint density at radius 2 is 2.15 bits per heavy atom. The first-order valence-electron chi connectivity index (χ1n) is 7.42. The van der Waals surface area contributed by atoms with Crippen molar-refractivity contribution in [2.75, 3.05) is 13.7 Å². The minimum Gasteiger partial charge on any atom is -0.493 e. The lowest BCUT2D eigenvalue weighted by atomic mass is 10.2. The van der Waals surface area contributed by atoms with Crippen LogP contribution in [0.4, 0.5) is 8.78 Å². The molecule has 10 heteroatoms. The zero-order chi connectivity index (χ0) is 19.3. The van der Waals surface area contributed by atoms with E-state index < -0.39 is 12.6 Å². The van der Waals surface area contributed by atoms with E-state index in [1.807, 2.05) is 0 Å². The minimum atomic E-state index is -2.98. The van der Waals surface area contributed by atoms with Crippen LogP contribution in [0.5, 0.6) is 11.5 Å². The van der Waals surface area contributed by atoms with E-state index in [1.165, 1.54) is 30.2 Å². The molecular formula is C16H15F2NO5S2. The van der Waals surface area contributed by atoms with E-state index in [4.69, 9.17) is 22.1 Å². The van der Waals surface area contributed by atoms with Gasteiger partial charge in [0.15, 0.2) is 11.5 Å². The molecule has 0 atom stereocenters. The molecule has 1 fully saturated rings. The molecule has 140 valence electrons. The summed E-state index contributed by atoms with van der Waals surface area (Å²) in [6.07, 6.45) is 1.80. The second-order valence-corrected chi connectivity index (χ2v) is 6.80. The maximum Gasteiger partial charge on any atom is 0.387 e. The fraction of sp³-hybridized carbons (Fsp3) is 0.312. The standard InChI is InChI=1S/C16H15F2NO5S2/c1-23-11-7-9(4-5-10(11)24-15(17)18)8-12-14(22)19(16(25)26-12)6-2-3-13(20)21/h4-5,7-8,15H,2-3,6H2,1H3,(H,20,21)/b12-8-. The number of carboxylic acid groups (broad SMARTS) is 1. The molecule has 1 aromatic carbocycles. The van der Waals surface area contributed by atoms with E-state index in [2.05, 4.69) is 4.74 Å². The molecule has 2 rings (SSSR count). The molecule has 0 saturated carbocycles. The number of alkyl halides is 2. The van der Waals surface area contributed by atoms with Crippen LogP contribution < -0.4 is 9.47 Å². The fourth-order valence-electron chi connectivity index (χ4n) is 2.20. The Bertz CT molecular complexity index is 754. The van der Waals surface area contributed by atoms with Crippen LogP contribution in [-0.2, 0) is 9.59 Å². The predicted molar refractivity (Wildman–Crippen MR) is 96.4 cm³/mol. The predicted octanol–water partition coefficient (Wildman–Crippen LogP) is 3.36. The summed E-state index contributed by atoms with van der Waals surface area (Å²) in [6, 6.07) is 4.30. The van der Waals surface area contributed by atoms with E-state index >= 15 is 0 Å². The zero-order valence-electron chi connectivity index (χ0n) is 13.6. The average Bonchev–Trinajstić information content (AvgIpc) is 2.82. The van der Waals surface area contributed by atoms with Crippen LogP contribution in [0.2, 0.25) is 0 Å². The first kappa shape index (κ1) is 20.1. The van der Waals surface area contributed by atoms with Gasteiger partial charge in [-0.1, -0.05) is 30.0 Å². The van der Waals surface area contributed by atoms with Gasteiger partial charge < -0.3 is 14.6 Å². The Morgan fingerprint density at radius 3 is 2.77 bits per heavy atom. The number of hydrogen-bond donors (Lipinski definition) is 1. The molecule has 0 aliphatic carbocycles. The Balaban J connectivity index is 2.15. The highest BCUT2D eigenvalue weighted by atomic mass is 32.2. The quantitative estimate of drug-likeness (QED) is 0.527. The number of thiocarbonyl (C=S) groups is 1. The van der Waals surface area contributed by atoms with Crippen molar-refractivity contribution in [3.05, 3.63) is 28.7 Å². The number of aliphatic carboxylic acids is 1. The lowest BCUT2D eigenvalue weighted by molar-refractivity contribution is -0.137. The van der Waals surface area contributed by atoms with Gasteiger partial charge in [-0.3, -0.25) is 14.5 Å². The molecule has 6 nitrogen and oxygen atoms in total. The summed E-state index contributed by atoms with van der Waals surface area (Å²) >= 11 is 6.25. The van der Waals surface area contributed by atoms with Crippen LogP contribution in [0.3, 0.4) is 0 Å². The smallest absolute Gasteiger partial charge is 0.387 e. The van der Waals surface area contributed by atoms with Crippen LogP contribution in [0, 0.1) is 0 Å². The van der Waals surface area contributed by atoms with Gasteiger partial charge in [-0.25, -0.2) is 0 Å². The summed E-state index contributed by atoms with van der Waals surface area (Å²) in [5.41, 5.74) is 0.550. The van der Waals surface area contributed by atoms with E-state index in [0.717, 1.165) is 11.8 Å². The third-order valence-electron chi connectivity index (χ3n) is 3.35. The van der Waals surface area contributed by atoms with Crippen molar-refractivity contribution < 1.29 is 33.0 Å².